The molecule has 11 aromatic rings. The van der Waals surface area contributed by atoms with Crippen LogP contribution in [0, 0.1) is 0 Å². The molecular formula is C52H32N4O. The minimum absolute atomic E-state index is 0.612. The molecule has 0 aliphatic rings. The molecule has 0 spiro atoms. The summed E-state index contributed by atoms with van der Waals surface area (Å²) in [6, 6.07) is 66.8. The van der Waals surface area contributed by atoms with Crippen LogP contribution in [-0.2, 0) is 0 Å². The molecule has 3 heterocycles. The van der Waals surface area contributed by atoms with Crippen LogP contribution in [0.3, 0.4) is 0 Å². The first-order valence-electron chi connectivity index (χ1n) is 19.0. The van der Waals surface area contributed by atoms with Gasteiger partial charge in [-0.25, -0.2) is 19.9 Å². The van der Waals surface area contributed by atoms with E-state index >= 15 is 0 Å². The van der Waals surface area contributed by atoms with Crippen molar-refractivity contribution >= 4 is 43.6 Å². The molecule has 3 aromatic heterocycles. The zero-order valence-corrected chi connectivity index (χ0v) is 30.7. The molecule has 0 atom stereocenters. The van der Waals surface area contributed by atoms with Crippen LogP contribution in [0.4, 0.5) is 0 Å². The number of furan rings is 1. The summed E-state index contributed by atoms with van der Waals surface area (Å²) < 4.78 is 6.53. The van der Waals surface area contributed by atoms with Gasteiger partial charge in [-0.05, 0) is 58.7 Å². The second-order valence-electron chi connectivity index (χ2n) is 14.2. The Balaban J connectivity index is 1.05. The van der Waals surface area contributed by atoms with Crippen LogP contribution in [0.1, 0.15) is 0 Å². The van der Waals surface area contributed by atoms with Crippen LogP contribution in [-0.4, -0.2) is 19.9 Å². The summed E-state index contributed by atoms with van der Waals surface area (Å²) in [7, 11) is 0. The minimum atomic E-state index is 0.612. The van der Waals surface area contributed by atoms with Gasteiger partial charge in [0.1, 0.15) is 11.2 Å². The molecule has 5 heteroatoms. The maximum atomic E-state index is 6.53. The van der Waals surface area contributed by atoms with E-state index in [4.69, 9.17) is 24.4 Å². The molecule has 0 fully saturated rings. The van der Waals surface area contributed by atoms with Crippen molar-refractivity contribution in [3.05, 3.63) is 194 Å². The van der Waals surface area contributed by atoms with Crippen molar-refractivity contribution in [2.24, 2.45) is 0 Å². The Labute approximate surface area is 328 Å². The molecule has 0 saturated carbocycles. The molecule has 266 valence electrons. The molecule has 0 saturated heterocycles. The summed E-state index contributed by atoms with van der Waals surface area (Å²) >= 11 is 0. The predicted molar refractivity (Wildman–Crippen MR) is 233 cm³/mol. The maximum absolute atomic E-state index is 6.53. The van der Waals surface area contributed by atoms with Crippen molar-refractivity contribution in [1.82, 2.24) is 19.9 Å². The lowest BCUT2D eigenvalue weighted by Gasteiger charge is -2.11. The number of benzene rings is 8. The highest BCUT2D eigenvalue weighted by Crippen LogP contribution is 2.42. The Hall–Kier alpha value is -7.76. The second kappa shape index (κ2) is 13.5. The third-order valence-corrected chi connectivity index (χ3v) is 10.7. The first-order valence-corrected chi connectivity index (χ1v) is 19.0. The molecule has 0 aliphatic carbocycles. The van der Waals surface area contributed by atoms with Gasteiger partial charge in [0.25, 0.3) is 0 Å². The van der Waals surface area contributed by atoms with E-state index < -0.39 is 0 Å². The summed E-state index contributed by atoms with van der Waals surface area (Å²) in [6.07, 6.45) is 0. The normalized spacial score (nSPS) is 11.5. The molecule has 8 aromatic carbocycles. The van der Waals surface area contributed by atoms with Crippen molar-refractivity contribution in [3.63, 3.8) is 0 Å². The largest absolute Gasteiger partial charge is 0.456 e. The van der Waals surface area contributed by atoms with Gasteiger partial charge in [-0.2, -0.15) is 0 Å². The Morgan fingerprint density at radius 1 is 0.281 bits per heavy atom. The number of hydrogen-bond acceptors (Lipinski definition) is 5. The smallest absolute Gasteiger partial charge is 0.164 e. The molecule has 11 rings (SSSR count). The van der Waals surface area contributed by atoms with Crippen LogP contribution in [0.25, 0.3) is 111 Å². The fourth-order valence-electron chi connectivity index (χ4n) is 7.94. The number of pyridine rings is 1. The summed E-state index contributed by atoms with van der Waals surface area (Å²) in [4.78, 5) is 20.3. The van der Waals surface area contributed by atoms with E-state index in [1.165, 1.54) is 5.56 Å². The van der Waals surface area contributed by atoms with Gasteiger partial charge < -0.3 is 4.42 Å². The maximum Gasteiger partial charge on any atom is 0.164 e. The van der Waals surface area contributed by atoms with E-state index in [9.17, 15) is 0 Å². The zero-order valence-electron chi connectivity index (χ0n) is 30.7. The molecule has 0 unspecified atom stereocenters. The highest BCUT2D eigenvalue weighted by molar-refractivity contribution is 6.28. The minimum Gasteiger partial charge on any atom is -0.456 e. The van der Waals surface area contributed by atoms with Gasteiger partial charge in [0.05, 0.1) is 11.2 Å². The first-order chi connectivity index (χ1) is 28.2. The van der Waals surface area contributed by atoms with Gasteiger partial charge in [0, 0.05) is 49.2 Å². The van der Waals surface area contributed by atoms with Crippen molar-refractivity contribution in [2.75, 3.05) is 0 Å². The van der Waals surface area contributed by atoms with E-state index in [0.717, 1.165) is 88.3 Å². The van der Waals surface area contributed by atoms with Gasteiger partial charge in [0.15, 0.2) is 17.5 Å². The lowest BCUT2D eigenvalue weighted by Crippen LogP contribution is -2.00. The second-order valence-corrected chi connectivity index (χ2v) is 14.2. The highest BCUT2D eigenvalue weighted by atomic mass is 16.3. The van der Waals surface area contributed by atoms with E-state index in [1.807, 2.05) is 42.5 Å². The average Bonchev–Trinajstić information content (AvgIpc) is 3.68. The van der Waals surface area contributed by atoms with Gasteiger partial charge in [-0.15, -0.1) is 0 Å². The van der Waals surface area contributed by atoms with Crippen LogP contribution in [0.2, 0.25) is 0 Å². The molecule has 0 N–H and O–H groups in total. The third kappa shape index (κ3) is 5.81. The topological polar surface area (TPSA) is 64.7 Å². The Kier molecular flexibility index (Phi) is 7.74. The fraction of sp³-hybridized carbons (Fsp3) is 0. The van der Waals surface area contributed by atoms with E-state index in [2.05, 4.69) is 152 Å². The number of hydrogen-bond donors (Lipinski definition) is 0. The Morgan fingerprint density at radius 2 is 0.789 bits per heavy atom. The Morgan fingerprint density at radius 3 is 1.53 bits per heavy atom. The standard InChI is InChI=1S/C52H32N4O/c1-4-13-33(14-5-1)34-23-25-37(26-24-34)51-54-50(36-17-8-3-9-18-36)55-52(56-51)40-20-12-19-38(31-40)39-27-29-45-43(32-39)48-46(57-45)30-28-42-47(48)41-21-10-11-22-44(41)53-49(42)35-15-6-2-7-16-35/h1-32H. The molecule has 0 aliphatic heterocycles. The molecule has 0 amide bonds. The van der Waals surface area contributed by atoms with Crippen LogP contribution < -0.4 is 0 Å². The summed E-state index contributed by atoms with van der Waals surface area (Å²) in [5, 5.41) is 5.48. The van der Waals surface area contributed by atoms with Gasteiger partial charge in [-0.3, -0.25) is 0 Å². The lowest BCUT2D eigenvalue weighted by molar-refractivity contribution is 0.669. The summed E-state index contributed by atoms with van der Waals surface area (Å²) in [6.45, 7) is 0. The van der Waals surface area contributed by atoms with Crippen molar-refractivity contribution in [1.29, 1.82) is 0 Å². The van der Waals surface area contributed by atoms with Crippen molar-refractivity contribution < 1.29 is 4.42 Å². The lowest BCUT2D eigenvalue weighted by atomic mass is 9.95. The summed E-state index contributed by atoms with van der Waals surface area (Å²) in [5.41, 5.74) is 11.9. The molecule has 0 radical (unpaired) electrons. The fourth-order valence-corrected chi connectivity index (χ4v) is 7.94. The van der Waals surface area contributed by atoms with Gasteiger partial charge in [0.2, 0.25) is 0 Å². The van der Waals surface area contributed by atoms with Gasteiger partial charge >= 0.3 is 0 Å². The monoisotopic (exact) mass is 728 g/mol. The third-order valence-electron chi connectivity index (χ3n) is 10.7. The molecule has 57 heavy (non-hydrogen) atoms. The van der Waals surface area contributed by atoms with E-state index in [1.54, 1.807) is 0 Å². The van der Waals surface area contributed by atoms with Crippen LogP contribution in [0.5, 0.6) is 0 Å². The molecule has 0 bridgehead atoms. The number of aromatic nitrogens is 4. The average molecular weight is 729 g/mol. The zero-order chi connectivity index (χ0) is 37.7. The number of nitrogens with zero attached hydrogens (tertiary/aromatic N) is 4. The van der Waals surface area contributed by atoms with E-state index in [-0.39, 0.29) is 0 Å². The number of rotatable bonds is 6. The van der Waals surface area contributed by atoms with Gasteiger partial charge in [-0.1, -0.05) is 158 Å². The van der Waals surface area contributed by atoms with Crippen LogP contribution >= 0.6 is 0 Å². The van der Waals surface area contributed by atoms with Crippen molar-refractivity contribution in [3.8, 4) is 67.7 Å². The highest BCUT2D eigenvalue weighted by Gasteiger charge is 2.19. The SMILES string of the molecule is c1ccc(-c2ccc(-c3nc(-c4ccccc4)nc(-c4cccc(-c5ccc6oc7ccc8c(-c9ccccc9)nc9ccccc9c8c7c6c5)c4)n3)cc2)cc1. The quantitative estimate of drug-likeness (QED) is 0.160. The first kappa shape index (κ1) is 32.7. The van der Waals surface area contributed by atoms with Crippen LogP contribution in [0.15, 0.2) is 199 Å². The summed E-state index contributed by atoms with van der Waals surface area (Å²) in [5.74, 6) is 1.86. The predicted octanol–water partition coefficient (Wildman–Crippen LogP) is 13.5. The number of fused-ring (bicyclic) bond motifs is 7. The van der Waals surface area contributed by atoms with E-state index in [0.29, 0.717) is 17.5 Å². The number of para-hydroxylation sites is 1. The Bertz CT molecular complexity index is 3270. The molecule has 5 nitrogen and oxygen atoms in total. The van der Waals surface area contributed by atoms with Crippen molar-refractivity contribution in [2.45, 2.75) is 0 Å². The molecular weight excluding hydrogens is 697 g/mol.